The molecule has 0 saturated carbocycles. The van der Waals surface area contributed by atoms with Crippen LogP contribution in [0.4, 0.5) is 4.39 Å². The molecule has 0 aliphatic carbocycles. The minimum atomic E-state index is -0.286. The molecule has 6 heteroatoms. The van der Waals surface area contributed by atoms with Crippen molar-refractivity contribution in [3.8, 4) is 16.9 Å². The molecule has 1 fully saturated rings. The first kappa shape index (κ1) is 23.1. The zero-order valence-electron chi connectivity index (χ0n) is 19.8. The fourth-order valence-electron chi connectivity index (χ4n) is 4.50. The number of nitrogens with zero attached hydrogens (tertiary/aromatic N) is 1. The maximum absolute atomic E-state index is 13.4. The van der Waals surface area contributed by atoms with Crippen molar-refractivity contribution in [3.05, 3.63) is 59.6 Å². The molecule has 33 heavy (non-hydrogen) atoms. The van der Waals surface area contributed by atoms with Crippen LogP contribution in [-0.4, -0.2) is 42.7 Å². The van der Waals surface area contributed by atoms with Crippen molar-refractivity contribution in [3.63, 3.8) is 0 Å². The molecule has 1 aliphatic heterocycles. The largest absolute Gasteiger partial charge is 0.493 e. The molecule has 1 amide bonds. The van der Waals surface area contributed by atoms with Crippen LogP contribution in [0.5, 0.6) is 5.75 Å². The fraction of sp³-hybridized carbons (Fsp3) is 0.370. The van der Waals surface area contributed by atoms with Crippen molar-refractivity contribution >= 4 is 22.4 Å². The van der Waals surface area contributed by atoms with Gasteiger partial charge in [-0.2, -0.15) is 0 Å². The van der Waals surface area contributed by atoms with Crippen LogP contribution in [-0.2, 0) is 9.53 Å². The van der Waals surface area contributed by atoms with Crippen LogP contribution in [0.3, 0.4) is 0 Å². The third-order valence-electron chi connectivity index (χ3n) is 5.98. The Bertz CT molecular complexity index is 1190. The van der Waals surface area contributed by atoms with Gasteiger partial charge in [0.15, 0.2) is 0 Å². The van der Waals surface area contributed by atoms with Crippen LogP contribution in [0, 0.1) is 12.7 Å². The maximum Gasteiger partial charge on any atom is 0.247 e. The van der Waals surface area contributed by atoms with Gasteiger partial charge in [-0.15, -0.1) is 0 Å². The molecule has 5 nitrogen and oxygen atoms in total. The molecule has 2 unspecified atom stereocenters. The predicted molar refractivity (Wildman–Crippen MR) is 128 cm³/mol. The summed E-state index contributed by atoms with van der Waals surface area (Å²) in [6.45, 7) is 11.4. The Balaban J connectivity index is 1.78. The summed E-state index contributed by atoms with van der Waals surface area (Å²) in [5.74, 6) is 0.377. The lowest BCUT2D eigenvalue weighted by Gasteiger charge is -2.34. The van der Waals surface area contributed by atoms with Gasteiger partial charge in [-0.1, -0.05) is 12.1 Å². The number of morpholine rings is 1. The fourth-order valence-corrected chi connectivity index (χ4v) is 4.50. The number of fused-ring (bicyclic) bond motifs is 1. The summed E-state index contributed by atoms with van der Waals surface area (Å²) in [6.07, 6.45) is 3.37. The van der Waals surface area contributed by atoms with Gasteiger partial charge in [0, 0.05) is 41.2 Å². The summed E-state index contributed by atoms with van der Waals surface area (Å²) in [7, 11) is 0. The van der Waals surface area contributed by atoms with Crippen molar-refractivity contribution in [1.82, 2.24) is 4.90 Å². The molecule has 3 aromatic rings. The first-order chi connectivity index (χ1) is 15.8. The van der Waals surface area contributed by atoms with Crippen molar-refractivity contribution in [2.75, 3.05) is 19.7 Å². The lowest BCUT2D eigenvalue weighted by molar-refractivity contribution is -0.137. The molecule has 2 heterocycles. The van der Waals surface area contributed by atoms with E-state index < -0.39 is 0 Å². The number of allylic oxidation sites excluding steroid dienone is 1. The van der Waals surface area contributed by atoms with Crippen molar-refractivity contribution in [1.29, 1.82) is 0 Å². The lowest BCUT2D eigenvalue weighted by atomic mass is 9.96. The summed E-state index contributed by atoms with van der Waals surface area (Å²) in [4.78, 5) is 14.9. The van der Waals surface area contributed by atoms with Crippen molar-refractivity contribution in [2.24, 2.45) is 0 Å². The van der Waals surface area contributed by atoms with Crippen LogP contribution < -0.4 is 4.74 Å². The first-order valence-electron chi connectivity index (χ1n) is 11.3. The van der Waals surface area contributed by atoms with Gasteiger partial charge in [0.1, 0.15) is 17.1 Å². The van der Waals surface area contributed by atoms with E-state index in [1.807, 2.05) is 45.6 Å². The van der Waals surface area contributed by atoms with Crippen LogP contribution >= 0.6 is 0 Å². The van der Waals surface area contributed by atoms with Gasteiger partial charge < -0.3 is 18.8 Å². The molecule has 4 rings (SSSR count). The van der Waals surface area contributed by atoms with Crippen LogP contribution in [0.25, 0.3) is 27.7 Å². The second-order valence-electron chi connectivity index (χ2n) is 8.67. The van der Waals surface area contributed by atoms with E-state index in [1.165, 1.54) is 12.1 Å². The third kappa shape index (κ3) is 4.67. The Hall–Kier alpha value is -3.12. The predicted octanol–water partition coefficient (Wildman–Crippen LogP) is 5.99. The second kappa shape index (κ2) is 9.40. The Morgan fingerprint density at radius 2 is 1.88 bits per heavy atom. The van der Waals surface area contributed by atoms with Gasteiger partial charge in [-0.05, 0) is 64.0 Å². The SMILES string of the molecule is CCOc1c(/C(C)=C/C(=O)N2CC(C)OC(C)C2)cc2c(-c3ccc(F)cc3)coc2c1C. The zero-order chi connectivity index (χ0) is 23.7. The third-order valence-corrected chi connectivity index (χ3v) is 5.98. The average Bonchev–Trinajstić information content (AvgIpc) is 3.19. The van der Waals surface area contributed by atoms with E-state index in [9.17, 15) is 9.18 Å². The first-order valence-corrected chi connectivity index (χ1v) is 11.3. The number of aryl methyl sites for hydroxylation is 1. The normalized spacial score (nSPS) is 19.2. The van der Waals surface area contributed by atoms with Gasteiger partial charge in [0.25, 0.3) is 0 Å². The van der Waals surface area contributed by atoms with Crippen LogP contribution in [0.15, 0.2) is 47.1 Å². The summed E-state index contributed by atoms with van der Waals surface area (Å²) in [6, 6.07) is 8.34. The number of carbonyl (C=O) groups excluding carboxylic acids is 1. The maximum atomic E-state index is 13.4. The molecule has 0 N–H and O–H groups in total. The number of carbonyl (C=O) groups is 1. The minimum absolute atomic E-state index is 0.00758. The smallest absolute Gasteiger partial charge is 0.247 e. The molecule has 0 spiro atoms. The molecular weight excluding hydrogens is 421 g/mol. The van der Waals surface area contributed by atoms with Gasteiger partial charge in [-0.25, -0.2) is 4.39 Å². The molecule has 0 bridgehead atoms. The summed E-state index contributed by atoms with van der Waals surface area (Å²) in [5, 5.41) is 0.895. The molecule has 2 atom stereocenters. The highest BCUT2D eigenvalue weighted by Crippen LogP contribution is 2.40. The standard InChI is InChI=1S/C27H30FNO4/c1-6-31-26-19(5)27-23(24(15-32-27)20-7-9-21(28)10-8-20)12-22(26)16(2)11-25(30)29-13-17(3)33-18(4)14-29/h7-12,15,17-18H,6,13-14H2,1-5H3/b16-11+. The summed E-state index contributed by atoms with van der Waals surface area (Å²) < 4.78 is 31.1. The number of halogens is 1. The van der Waals surface area contributed by atoms with Gasteiger partial charge >= 0.3 is 0 Å². The van der Waals surface area contributed by atoms with Crippen LogP contribution in [0.2, 0.25) is 0 Å². The molecule has 0 radical (unpaired) electrons. The number of amides is 1. The summed E-state index contributed by atoms with van der Waals surface area (Å²) in [5.41, 5.74) is 4.97. The number of benzene rings is 2. The Labute approximate surface area is 193 Å². The minimum Gasteiger partial charge on any atom is -0.493 e. The number of furan rings is 1. The summed E-state index contributed by atoms with van der Waals surface area (Å²) >= 11 is 0. The molecule has 1 saturated heterocycles. The lowest BCUT2D eigenvalue weighted by Crippen LogP contribution is -2.47. The Morgan fingerprint density at radius 3 is 2.52 bits per heavy atom. The number of hydrogen-bond acceptors (Lipinski definition) is 4. The van der Waals surface area contributed by atoms with Gasteiger partial charge in [0.2, 0.25) is 5.91 Å². The zero-order valence-corrected chi connectivity index (χ0v) is 19.8. The van der Waals surface area contributed by atoms with E-state index in [0.717, 1.165) is 38.8 Å². The highest BCUT2D eigenvalue weighted by molar-refractivity contribution is 6.01. The van der Waals surface area contributed by atoms with Crippen molar-refractivity contribution < 1.29 is 23.1 Å². The highest BCUT2D eigenvalue weighted by atomic mass is 19.1. The second-order valence-corrected chi connectivity index (χ2v) is 8.67. The van der Waals surface area contributed by atoms with Gasteiger partial charge in [0.05, 0.1) is 25.1 Å². The van der Waals surface area contributed by atoms with E-state index >= 15 is 0 Å². The number of hydrogen-bond donors (Lipinski definition) is 0. The Morgan fingerprint density at radius 1 is 1.21 bits per heavy atom. The molecule has 174 valence electrons. The Kier molecular flexibility index (Phi) is 6.56. The molecule has 1 aliphatic rings. The molecule has 1 aromatic heterocycles. The topological polar surface area (TPSA) is 51.9 Å². The van der Waals surface area contributed by atoms with E-state index in [4.69, 9.17) is 13.9 Å². The monoisotopic (exact) mass is 451 g/mol. The number of ether oxygens (including phenoxy) is 2. The highest BCUT2D eigenvalue weighted by Gasteiger charge is 2.25. The quantitative estimate of drug-likeness (QED) is 0.448. The molecular formula is C27H30FNO4. The number of rotatable bonds is 5. The van der Waals surface area contributed by atoms with Crippen LogP contribution in [0.1, 0.15) is 38.8 Å². The van der Waals surface area contributed by atoms with E-state index in [0.29, 0.717) is 25.4 Å². The van der Waals surface area contributed by atoms with E-state index in [1.54, 1.807) is 24.5 Å². The molecule has 2 aromatic carbocycles. The van der Waals surface area contributed by atoms with Gasteiger partial charge in [-0.3, -0.25) is 4.79 Å². The van der Waals surface area contributed by atoms with E-state index in [-0.39, 0.29) is 23.9 Å². The van der Waals surface area contributed by atoms with E-state index in [2.05, 4.69) is 0 Å². The average molecular weight is 452 g/mol. The van der Waals surface area contributed by atoms with Crippen molar-refractivity contribution in [2.45, 2.75) is 46.8 Å².